The fourth-order valence-electron chi connectivity index (χ4n) is 7.78. The average molecular weight is 537 g/mol. The van der Waals surface area contributed by atoms with Crippen LogP contribution in [0.25, 0.3) is 50.1 Å². The molecule has 7 aromatic rings. The highest BCUT2D eigenvalue weighted by Gasteiger charge is 2.51. The first-order valence-corrected chi connectivity index (χ1v) is 14.8. The van der Waals surface area contributed by atoms with Crippen molar-refractivity contribution in [2.24, 2.45) is 0 Å². The van der Waals surface area contributed by atoms with Gasteiger partial charge in [0, 0.05) is 12.1 Å². The van der Waals surface area contributed by atoms with Gasteiger partial charge in [0.1, 0.15) is 5.82 Å². The van der Waals surface area contributed by atoms with Crippen LogP contribution in [0.4, 0.5) is 0 Å². The standard InChI is InChI=1S/C40H28N2/c1-2-38-41-36-20-9-10-21-37(36)42(38)27-24-22-26(23-25-27)28-15-11-19-35-39(28)31-14-5-8-18-34(31)40(35)32-16-6-3-12-29(32)30-13-4-7-17-33(30)40/h3-25H,2H2,1H3. The van der Waals surface area contributed by atoms with Crippen LogP contribution in [0.5, 0.6) is 0 Å². The fraction of sp³-hybridized carbons (Fsp3) is 0.0750. The van der Waals surface area contributed by atoms with E-state index in [2.05, 4.69) is 151 Å². The van der Waals surface area contributed by atoms with Gasteiger partial charge in [0.25, 0.3) is 0 Å². The lowest BCUT2D eigenvalue weighted by molar-refractivity contribution is 0.794. The minimum atomic E-state index is -0.319. The molecule has 1 spiro atoms. The fourth-order valence-corrected chi connectivity index (χ4v) is 7.78. The molecule has 0 atom stereocenters. The molecular formula is C40H28N2. The average Bonchev–Trinajstić information content (AvgIpc) is 3.69. The molecule has 9 rings (SSSR count). The predicted octanol–water partition coefficient (Wildman–Crippen LogP) is 9.60. The summed E-state index contributed by atoms with van der Waals surface area (Å²) in [5.41, 5.74) is 16.4. The lowest BCUT2D eigenvalue weighted by Crippen LogP contribution is -2.25. The number of hydrogen-bond donors (Lipinski definition) is 0. The van der Waals surface area contributed by atoms with Crippen molar-refractivity contribution in [1.82, 2.24) is 9.55 Å². The number of rotatable bonds is 3. The van der Waals surface area contributed by atoms with Crippen molar-refractivity contribution >= 4 is 11.0 Å². The first kappa shape index (κ1) is 23.5. The van der Waals surface area contributed by atoms with E-state index in [4.69, 9.17) is 4.98 Å². The molecule has 2 nitrogen and oxygen atoms in total. The van der Waals surface area contributed by atoms with E-state index in [1.807, 2.05) is 0 Å². The lowest BCUT2D eigenvalue weighted by atomic mass is 9.70. The molecule has 0 fully saturated rings. The molecule has 0 amide bonds. The van der Waals surface area contributed by atoms with Crippen molar-refractivity contribution in [3.63, 3.8) is 0 Å². The quantitative estimate of drug-likeness (QED) is 0.220. The van der Waals surface area contributed by atoms with Gasteiger partial charge in [0.2, 0.25) is 0 Å². The summed E-state index contributed by atoms with van der Waals surface area (Å²) >= 11 is 0. The van der Waals surface area contributed by atoms with Crippen molar-refractivity contribution in [2.45, 2.75) is 18.8 Å². The van der Waals surface area contributed by atoms with Gasteiger partial charge in [0.05, 0.1) is 16.4 Å². The number of aryl methyl sites for hydroxylation is 1. The second-order valence-corrected chi connectivity index (χ2v) is 11.4. The largest absolute Gasteiger partial charge is 0.296 e. The van der Waals surface area contributed by atoms with E-state index in [0.717, 1.165) is 29.0 Å². The number of benzene rings is 6. The van der Waals surface area contributed by atoms with E-state index in [1.165, 1.54) is 55.6 Å². The highest BCUT2D eigenvalue weighted by molar-refractivity contribution is 5.99. The molecule has 6 aromatic carbocycles. The summed E-state index contributed by atoms with van der Waals surface area (Å²) in [5, 5.41) is 0. The number of para-hydroxylation sites is 2. The third-order valence-corrected chi connectivity index (χ3v) is 9.40. The van der Waals surface area contributed by atoms with Crippen LogP contribution in [0.3, 0.4) is 0 Å². The van der Waals surface area contributed by atoms with E-state index < -0.39 is 0 Å². The minimum absolute atomic E-state index is 0.319. The Morgan fingerprint density at radius 3 is 1.76 bits per heavy atom. The van der Waals surface area contributed by atoms with Crippen molar-refractivity contribution in [1.29, 1.82) is 0 Å². The molecule has 1 heterocycles. The highest BCUT2D eigenvalue weighted by Crippen LogP contribution is 2.63. The Bertz CT molecular complexity index is 2140. The van der Waals surface area contributed by atoms with Gasteiger partial charge in [-0.1, -0.05) is 122 Å². The lowest BCUT2D eigenvalue weighted by Gasteiger charge is -2.30. The Morgan fingerprint density at radius 1 is 0.524 bits per heavy atom. The van der Waals surface area contributed by atoms with Crippen LogP contribution in [0, 0.1) is 0 Å². The monoisotopic (exact) mass is 536 g/mol. The first-order chi connectivity index (χ1) is 20.8. The van der Waals surface area contributed by atoms with Crippen LogP contribution in [0.1, 0.15) is 35.0 Å². The third-order valence-electron chi connectivity index (χ3n) is 9.40. The van der Waals surface area contributed by atoms with Crippen LogP contribution in [0.15, 0.2) is 140 Å². The van der Waals surface area contributed by atoms with Gasteiger partial charge in [-0.3, -0.25) is 4.57 Å². The van der Waals surface area contributed by atoms with Crippen molar-refractivity contribution < 1.29 is 0 Å². The van der Waals surface area contributed by atoms with Crippen LogP contribution < -0.4 is 0 Å². The van der Waals surface area contributed by atoms with Crippen molar-refractivity contribution in [2.75, 3.05) is 0 Å². The van der Waals surface area contributed by atoms with Gasteiger partial charge in [0.15, 0.2) is 0 Å². The van der Waals surface area contributed by atoms with Gasteiger partial charge < -0.3 is 0 Å². The predicted molar refractivity (Wildman–Crippen MR) is 172 cm³/mol. The molecule has 1 aromatic heterocycles. The minimum Gasteiger partial charge on any atom is -0.296 e. The van der Waals surface area contributed by atoms with Gasteiger partial charge >= 0.3 is 0 Å². The van der Waals surface area contributed by atoms with Crippen LogP contribution in [-0.4, -0.2) is 9.55 Å². The number of imidazole rings is 1. The summed E-state index contributed by atoms with van der Waals surface area (Å²) in [6.07, 6.45) is 0.879. The summed E-state index contributed by atoms with van der Waals surface area (Å²) in [4.78, 5) is 4.90. The normalized spacial score (nSPS) is 13.6. The molecule has 42 heavy (non-hydrogen) atoms. The molecule has 198 valence electrons. The van der Waals surface area contributed by atoms with Crippen LogP contribution in [0.2, 0.25) is 0 Å². The first-order valence-electron chi connectivity index (χ1n) is 14.8. The summed E-state index contributed by atoms with van der Waals surface area (Å²) < 4.78 is 2.30. The van der Waals surface area contributed by atoms with Crippen LogP contribution >= 0.6 is 0 Å². The molecule has 0 radical (unpaired) electrons. The van der Waals surface area contributed by atoms with Crippen molar-refractivity contribution in [3.05, 3.63) is 168 Å². The number of fused-ring (bicyclic) bond motifs is 11. The number of aromatic nitrogens is 2. The maximum Gasteiger partial charge on any atom is 0.114 e. The molecule has 2 aliphatic rings. The summed E-state index contributed by atoms with van der Waals surface area (Å²) in [6.45, 7) is 2.17. The molecule has 0 bridgehead atoms. The Labute approximate surface area is 245 Å². The van der Waals surface area contributed by atoms with E-state index in [-0.39, 0.29) is 5.41 Å². The molecule has 2 heteroatoms. The summed E-state index contributed by atoms with van der Waals surface area (Å²) in [5.74, 6) is 1.08. The molecule has 0 saturated carbocycles. The van der Waals surface area contributed by atoms with Gasteiger partial charge in [-0.2, -0.15) is 0 Å². The van der Waals surface area contributed by atoms with E-state index in [1.54, 1.807) is 0 Å². The summed E-state index contributed by atoms with van der Waals surface area (Å²) in [7, 11) is 0. The van der Waals surface area contributed by atoms with Gasteiger partial charge in [-0.25, -0.2) is 4.98 Å². The van der Waals surface area contributed by atoms with E-state index in [0.29, 0.717) is 0 Å². The molecule has 0 saturated heterocycles. The zero-order chi connectivity index (χ0) is 27.8. The number of hydrogen-bond acceptors (Lipinski definition) is 1. The van der Waals surface area contributed by atoms with Crippen LogP contribution in [-0.2, 0) is 11.8 Å². The second kappa shape index (κ2) is 8.64. The molecule has 0 unspecified atom stereocenters. The maximum absolute atomic E-state index is 4.90. The number of nitrogens with zero attached hydrogens (tertiary/aromatic N) is 2. The zero-order valence-corrected chi connectivity index (χ0v) is 23.4. The Kier molecular flexibility index (Phi) is 4.83. The Balaban J connectivity index is 1.27. The molecule has 0 aliphatic heterocycles. The second-order valence-electron chi connectivity index (χ2n) is 11.4. The highest BCUT2D eigenvalue weighted by atomic mass is 15.1. The Morgan fingerprint density at radius 2 is 1.07 bits per heavy atom. The smallest absolute Gasteiger partial charge is 0.114 e. The van der Waals surface area contributed by atoms with Gasteiger partial charge in [-0.15, -0.1) is 0 Å². The Hall–Kier alpha value is -5.21. The summed E-state index contributed by atoms with van der Waals surface area (Å²) in [6, 6.07) is 51.4. The molecule has 0 N–H and O–H groups in total. The topological polar surface area (TPSA) is 17.8 Å². The SMILES string of the molecule is CCc1nc2ccccc2n1-c1ccc(-c2cccc3c2-c2ccccc2C32c3ccccc3-c3ccccc32)cc1. The molecule has 2 aliphatic carbocycles. The maximum atomic E-state index is 4.90. The molecular weight excluding hydrogens is 508 g/mol. The van der Waals surface area contributed by atoms with Crippen molar-refractivity contribution in [3.8, 4) is 39.1 Å². The van der Waals surface area contributed by atoms with Gasteiger partial charge in [-0.05, 0) is 79.9 Å². The van der Waals surface area contributed by atoms with E-state index in [9.17, 15) is 0 Å². The zero-order valence-electron chi connectivity index (χ0n) is 23.4. The third kappa shape index (κ3) is 2.91. The van der Waals surface area contributed by atoms with E-state index >= 15 is 0 Å².